The number of thioether (sulfide) groups is 1. The van der Waals surface area contributed by atoms with Crippen molar-refractivity contribution in [3.8, 4) is 5.75 Å². The van der Waals surface area contributed by atoms with Gasteiger partial charge in [0.05, 0.1) is 13.2 Å². The van der Waals surface area contributed by atoms with Gasteiger partial charge in [0.1, 0.15) is 5.75 Å². The standard InChI is InChI=1S/C13H20N2OS/c1-13(7-4-8-17-13)12(15-14)10-5-3-6-11(9-10)16-2/h3,5-6,9,12,15H,4,7-8,14H2,1-2H3. The minimum atomic E-state index is 0.171. The van der Waals surface area contributed by atoms with Crippen LogP contribution in [-0.2, 0) is 0 Å². The van der Waals surface area contributed by atoms with E-state index in [1.807, 2.05) is 23.9 Å². The first-order chi connectivity index (χ1) is 8.19. The summed E-state index contributed by atoms with van der Waals surface area (Å²) in [5, 5.41) is 0. The Labute approximate surface area is 107 Å². The fraction of sp³-hybridized carbons (Fsp3) is 0.538. The highest BCUT2D eigenvalue weighted by molar-refractivity contribution is 8.00. The molecule has 17 heavy (non-hydrogen) atoms. The molecule has 0 spiro atoms. The van der Waals surface area contributed by atoms with E-state index in [1.54, 1.807) is 7.11 Å². The van der Waals surface area contributed by atoms with Crippen molar-refractivity contribution in [3.63, 3.8) is 0 Å². The monoisotopic (exact) mass is 252 g/mol. The van der Waals surface area contributed by atoms with Gasteiger partial charge in [-0.15, -0.1) is 0 Å². The molecule has 1 saturated heterocycles. The Morgan fingerprint density at radius 2 is 2.35 bits per heavy atom. The van der Waals surface area contributed by atoms with E-state index in [0.717, 1.165) is 5.75 Å². The number of methoxy groups -OCH3 is 1. The highest BCUT2D eigenvalue weighted by atomic mass is 32.2. The SMILES string of the molecule is COc1cccc(C(NN)C2(C)CCCS2)c1. The molecule has 1 heterocycles. The van der Waals surface area contributed by atoms with Crippen molar-refractivity contribution >= 4 is 11.8 Å². The summed E-state index contributed by atoms with van der Waals surface area (Å²) in [5.41, 5.74) is 4.17. The number of benzene rings is 1. The molecule has 0 aromatic heterocycles. The Morgan fingerprint density at radius 1 is 1.53 bits per heavy atom. The van der Waals surface area contributed by atoms with Crippen LogP contribution in [0.5, 0.6) is 5.75 Å². The van der Waals surface area contributed by atoms with Crippen molar-refractivity contribution < 1.29 is 4.74 Å². The van der Waals surface area contributed by atoms with E-state index >= 15 is 0 Å². The molecule has 2 rings (SSSR count). The molecule has 0 saturated carbocycles. The third-order valence-electron chi connectivity index (χ3n) is 3.45. The maximum Gasteiger partial charge on any atom is 0.119 e. The Balaban J connectivity index is 2.27. The largest absolute Gasteiger partial charge is 0.497 e. The number of hydrogen-bond donors (Lipinski definition) is 2. The number of rotatable bonds is 4. The predicted octanol–water partition coefficient (Wildman–Crippen LogP) is 2.49. The van der Waals surface area contributed by atoms with Crippen molar-refractivity contribution in [2.75, 3.05) is 12.9 Å². The molecule has 1 aromatic rings. The summed E-state index contributed by atoms with van der Waals surface area (Å²) < 4.78 is 5.45. The van der Waals surface area contributed by atoms with Gasteiger partial charge in [0, 0.05) is 4.75 Å². The van der Waals surface area contributed by atoms with E-state index in [0.29, 0.717) is 0 Å². The molecule has 94 valence electrons. The van der Waals surface area contributed by atoms with Gasteiger partial charge >= 0.3 is 0 Å². The molecule has 1 aliphatic rings. The quantitative estimate of drug-likeness (QED) is 0.638. The summed E-state index contributed by atoms with van der Waals surface area (Å²) in [5.74, 6) is 7.86. The summed E-state index contributed by atoms with van der Waals surface area (Å²) in [6, 6.07) is 8.32. The lowest BCUT2D eigenvalue weighted by Crippen LogP contribution is -2.41. The molecule has 1 fully saturated rings. The smallest absolute Gasteiger partial charge is 0.119 e. The van der Waals surface area contributed by atoms with Crippen molar-refractivity contribution in [1.29, 1.82) is 0 Å². The second-order valence-electron chi connectivity index (χ2n) is 4.64. The van der Waals surface area contributed by atoms with Crippen molar-refractivity contribution in [2.24, 2.45) is 5.84 Å². The van der Waals surface area contributed by atoms with Gasteiger partial charge in [0.2, 0.25) is 0 Å². The topological polar surface area (TPSA) is 47.3 Å². The van der Waals surface area contributed by atoms with Crippen LogP contribution in [0.4, 0.5) is 0 Å². The molecule has 0 radical (unpaired) electrons. The Hall–Kier alpha value is -0.710. The van der Waals surface area contributed by atoms with Crippen LogP contribution in [0, 0.1) is 0 Å². The Kier molecular flexibility index (Phi) is 3.97. The van der Waals surface area contributed by atoms with Gasteiger partial charge < -0.3 is 4.74 Å². The zero-order valence-corrected chi connectivity index (χ0v) is 11.2. The van der Waals surface area contributed by atoms with E-state index in [1.165, 1.54) is 24.2 Å². The van der Waals surface area contributed by atoms with E-state index < -0.39 is 0 Å². The summed E-state index contributed by atoms with van der Waals surface area (Å²) in [4.78, 5) is 0. The van der Waals surface area contributed by atoms with Gasteiger partial charge in [-0.1, -0.05) is 12.1 Å². The second-order valence-corrected chi connectivity index (χ2v) is 6.27. The van der Waals surface area contributed by atoms with Crippen LogP contribution < -0.4 is 16.0 Å². The van der Waals surface area contributed by atoms with Crippen molar-refractivity contribution in [1.82, 2.24) is 5.43 Å². The lowest BCUT2D eigenvalue weighted by atomic mass is 9.90. The molecule has 0 aliphatic carbocycles. The van der Waals surface area contributed by atoms with Crippen LogP contribution in [0.25, 0.3) is 0 Å². The molecular formula is C13H20N2OS. The Bertz CT molecular complexity index is 377. The van der Waals surface area contributed by atoms with Crippen LogP contribution in [-0.4, -0.2) is 17.6 Å². The highest BCUT2D eigenvalue weighted by Crippen LogP contribution is 2.46. The average molecular weight is 252 g/mol. The van der Waals surface area contributed by atoms with Gasteiger partial charge in [0.25, 0.3) is 0 Å². The van der Waals surface area contributed by atoms with Crippen LogP contribution in [0.3, 0.4) is 0 Å². The van der Waals surface area contributed by atoms with Crippen LogP contribution in [0.2, 0.25) is 0 Å². The van der Waals surface area contributed by atoms with Crippen LogP contribution in [0.1, 0.15) is 31.4 Å². The van der Waals surface area contributed by atoms with Gasteiger partial charge in [-0.2, -0.15) is 11.8 Å². The fourth-order valence-electron chi connectivity index (χ4n) is 2.47. The Morgan fingerprint density at radius 3 is 2.94 bits per heavy atom. The molecular weight excluding hydrogens is 232 g/mol. The molecule has 0 bridgehead atoms. The number of hydrazine groups is 1. The number of ether oxygens (including phenoxy) is 1. The number of nitrogens with two attached hydrogens (primary N) is 1. The number of nitrogens with one attached hydrogen (secondary N) is 1. The highest BCUT2D eigenvalue weighted by Gasteiger charge is 2.38. The predicted molar refractivity (Wildman–Crippen MR) is 73.2 cm³/mol. The van der Waals surface area contributed by atoms with Crippen LogP contribution >= 0.6 is 11.8 Å². The number of hydrogen-bond acceptors (Lipinski definition) is 4. The molecule has 0 amide bonds. The van der Waals surface area contributed by atoms with Gasteiger partial charge in [-0.25, -0.2) is 0 Å². The van der Waals surface area contributed by atoms with E-state index in [2.05, 4.69) is 24.5 Å². The van der Waals surface area contributed by atoms with Gasteiger partial charge in [-0.05, 0) is 43.2 Å². The summed E-state index contributed by atoms with van der Waals surface area (Å²) in [7, 11) is 1.69. The normalized spacial score (nSPS) is 25.8. The molecule has 2 atom stereocenters. The zero-order chi connectivity index (χ0) is 12.3. The minimum Gasteiger partial charge on any atom is -0.497 e. The third kappa shape index (κ3) is 2.59. The van der Waals surface area contributed by atoms with E-state index in [9.17, 15) is 0 Å². The zero-order valence-electron chi connectivity index (χ0n) is 10.4. The fourth-order valence-corrected chi connectivity index (χ4v) is 3.89. The molecule has 3 N–H and O–H groups in total. The van der Waals surface area contributed by atoms with E-state index in [4.69, 9.17) is 10.6 Å². The summed E-state index contributed by atoms with van der Waals surface area (Å²) in [6.07, 6.45) is 2.47. The van der Waals surface area contributed by atoms with Crippen LogP contribution in [0.15, 0.2) is 24.3 Å². The van der Waals surface area contributed by atoms with Crippen molar-refractivity contribution in [3.05, 3.63) is 29.8 Å². The lowest BCUT2D eigenvalue weighted by molar-refractivity contribution is 0.403. The maximum atomic E-state index is 5.76. The molecule has 4 heteroatoms. The van der Waals surface area contributed by atoms with E-state index in [-0.39, 0.29) is 10.8 Å². The first-order valence-electron chi connectivity index (χ1n) is 5.93. The first-order valence-corrected chi connectivity index (χ1v) is 6.92. The van der Waals surface area contributed by atoms with Crippen molar-refractivity contribution in [2.45, 2.75) is 30.6 Å². The molecule has 2 unspecified atom stereocenters. The molecule has 1 aliphatic heterocycles. The summed E-state index contributed by atoms with van der Waals surface area (Å²) >= 11 is 2.00. The molecule has 1 aromatic carbocycles. The first kappa shape index (κ1) is 12.7. The minimum absolute atomic E-state index is 0.171. The molecule has 3 nitrogen and oxygen atoms in total. The van der Waals surface area contributed by atoms with Gasteiger partial charge in [0.15, 0.2) is 0 Å². The lowest BCUT2D eigenvalue weighted by Gasteiger charge is -2.33. The third-order valence-corrected chi connectivity index (χ3v) is 5.05. The summed E-state index contributed by atoms with van der Waals surface area (Å²) in [6.45, 7) is 2.29. The second kappa shape index (κ2) is 5.29. The average Bonchev–Trinajstić information content (AvgIpc) is 2.78. The van der Waals surface area contributed by atoms with Gasteiger partial charge in [-0.3, -0.25) is 11.3 Å². The maximum absolute atomic E-state index is 5.76.